The van der Waals surface area contributed by atoms with Crippen molar-refractivity contribution in [2.75, 3.05) is 13.2 Å². The molecule has 0 N–H and O–H groups in total. The third kappa shape index (κ3) is 33.7. The molecule has 0 heterocycles. The van der Waals surface area contributed by atoms with Crippen LogP contribution in [0.15, 0.2) is 0 Å². The maximum Gasteiger partial charge on any atom is 2.00 e. The van der Waals surface area contributed by atoms with E-state index in [0.29, 0.717) is 12.8 Å². The van der Waals surface area contributed by atoms with Gasteiger partial charge in [0.05, 0.1) is 13.2 Å². The summed E-state index contributed by atoms with van der Waals surface area (Å²) in [6.07, 6.45) is 4.96. The number of unbranched alkanes of at least 4 members (excludes halogenated alkanes) is 4. The van der Waals surface area contributed by atoms with E-state index in [1.165, 1.54) is 0 Å². The summed E-state index contributed by atoms with van der Waals surface area (Å²) in [4.78, 5) is 0. The van der Waals surface area contributed by atoms with Gasteiger partial charge in [-0.05, 0) is 12.8 Å². The van der Waals surface area contributed by atoms with Crippen molar-refractivity contribution in [3.63, 3.8) is 0 Å². The van der Waals surface area contributed by atoms with Gasteiger partial charge in [-0.3, -0.25) is 8.37 Å². The molecule has 0 aliphatic carbocycles. The fraction of sp³-hybridized carbons (Fsp3) is 1.00. The van der Waals surface area contributed by atoms with E-state index in [9.17, 15) is 25.9 Å². The molecule has 0 fully saturated rings. The summed E-state index contributed by atoms with van der Waals surface area (Å²) in [7, 11) is -8.91. The van der Waals surface area contributed by atoms with Crippen molar-refractivity contribution in [2.24, 2.45) is 0 Å². The Morgan fingerprint density at radius 1 is 0.714 bits per heavy atom. The topological polar surface area (TPSA) is 133 Å². The molecule has 0 aromatic heterocycles. The molecule has 0 rings (SSSR count). The standard InChI is InChI=1S/2C5H12O4S.Ca/c2*1-2-3-4-5-9-10(6,7)8;/h2*2-5H2,1H3,(H,6,7,8);/q;;+2/p-2. The fourth-order valence-corrected chi connectivity index (χ4v) is 1.67. The molecule has 0 unspecified atom stereocenters. The first-order chi connectivity index (χ1) is 9.12. The van der Waals surface area contributed by atoms with E-state index in [1.54, 1.807) is 0 Å². The smallest absolute Gasteiger partial charge is 0.726 e. The fourth-order valence-electron chi connectivity index (χ4n) is 1.03. The van der Waals surface area contributed by atoms with Crippen LogP contribution < -0.4 is 0 Å². The molecule has 0 saturated carbocycles. The van der Waals surface area contributed by atoms with Crippen LogP contribution in [0.2, 0.25) is 0 Å². The van der Waals surface area contributed by atoms with Crippen LogP contribution in [-0.4, -0.2) is 76.9 Å². The Bertz CT molecular complexity index is 367. The van der Waals surface area contributed by atoms with E-state index in [2.05, 4.69) is 8.37 Å². The first-order valence-corrected chi connectivity index (χ1v) is 8.99. The summed E-state index contributed by atoms with van der Waals surface area (Å²) in [6, 6.07) is 0. The number of rotatable bonds is 10. The predicted molar refractivity (Wildman–Crippen MR) is 76.1 cm³/mol. The summed E-state index contributed by atoms with van der Waals surface area (Å²) in [5, 5.41) is 0. The molecule has 0 spiro atoms. The van der Waals surface area contributed by atoms with Crippen LogP contribution in [0.25, 0.3) is 0 Å². The van der Waals surface area contributed by atoms with Crippen LogP contribution in [-0.2, 0) is 29.2 Å². The molecule has 0 radical (unpaired) electrons. The van der Waals surface area contributed by atoms with Gasteiger partial charge in [0.1, 0.15) is 0 Å². The van der Waals surface area contributed by atoms with E-state index in [1.807, 2.05) is 13.8 Å². The normalized spacial score (nSPS) is 11.2. The van der Waals surface area contributed by atoms with Gasteiger partial charge in [-0.25, -0.2) is 16.8 Å². The third-order valence-electron chi connectivity index (χ3n) is 1.95. The molecule has 0 aromatic carbocycles. The van der Waals surface area contributed by atoms with Gasteiger partial charge in [0, 0.05) is 0 Å². The summed E-state index contributed by atoms with van der Waals surface area (Å²) >= 11 is 0. The van der Waals surface area contributed by atoms with Crippen molar-refractivity contribution in [2.45, 2.75) is 52.4 Å². The van der Waals surface area contributed by atoms with Gasteiger partial charge in [-0.2, -0.15) is 0 Å². The molecular weight excluding hydrogens is 352 g/mol. The molecule has 0 bridgehead atoms. The average molecular weight is 374 g/mol. The van der Waals surface area contributed by atoms with E-state index in [-0.39, 0.29) is 51.0 Å². The van der Waals surface area contributed by atoms with Crippen LogP contribution in [0.1, 0.15) is 52.4 Å². The summed E-state index contributed by atoms with van der Waals surface area (Å²) in [6.45, 7) is 3.98. The van der Waals surface area contributed by atoms with Crippen molar-refractivity contribution in [1.82, 2.24) is 0 Å². The Hall–Kier alpha value is 1.000. The molecular formula is C10H22CaO8S2. The van der Waals surface area contributed by atoms with Crippen molar-refractivity contribution < 1.29 is 34.3 Å². The average Bonchev–Trinajstić information content (AvgIpc) is 2.29. The molecule has 8 nitrogen and oxygen atoms in total. The zero-order chi connectivity index (χ0) is 16.1. The van der Waals surface area contributed by atoms with Crippen LogP contribution in [0.4, 0.5) is 0 Å². The maximum absolute atomic E-state index is 9.82. The van der Waals surface area contributed by atoms with Gasteiger partial charge in [-0.1, -0.05) is 39.5 Å². The largest absolute Gasteiger partial charge is 2.00 e. The predicted octanol–water partition coefficient (Wildman–Crippen LogP) is 0.926. The molecule has 0 aromatic rings. The minimum atomic E-state index is -4.45. The van der Waals surface area contributed by atoms with Crippen LogP contribution >= 0.6 is 0 Å². The Morgan fingerprint density at radius 3 is 1.19 bits per heavy atom. The van der Waals surface area contributed by atoms with Crippen molar-refractivity contribution in [3.05, 3.63) is 0 Å². The first kappa shape index (κ1) is 26.9. The number of hydrogen-bond acceptors (Lipinski definition) is 8. The molecule has 0 saturated heterocycles. The molecule has 0 atom stereocenters. The number of hydrogen-bond donors (Lipinski definition) is 0. The quantitative estimate of drug-likeness (QED) is 0.239. The second kappa shape index (κ2) is 15.9. The van der Waals surface area contributed by atoms with Crippen molar-refractivity contribution in [3.8, 4) is 0 Å². The van der Waals surface area contributed by atoms with E-state index in [0.717, 1.165) is 25.7 Å². The minimum absolute atomic E-state index is 0. The second-order valence-corrected chi connectivity index (χ2v) is 5.98. The van der Waals surface area contributed by atoms with E-state index >= 15 is 0 Å². The van der Waals surface area contributed by atoms with Crippen molar-refractivity contribution in [1.29, 1.82) is 0 Å². The van der Waals surface area contributed by atoms with Gasteiger partial charge >= 0.3 is 37.7 Å². The van der Waals surface area contributed by atoms with Crippen LogP contribution in [0.3, 0.4) is 0 Å². The van der Waals surface area contributed by atoms with Gasteiger partial charge in [-0.15, -0.1) is 0 Å². The monoisotopic (exact) mass is 374 g/mol. The maximum atomic E-state index is 9.82. The zero-order valence-electron chi connectivity index (χ0n) is 12.4. The van der Waals surface area contributed by atoms with E-state index < -0.39 is 20.8 Å². The van der Waals surface area contributed by atoms with Gasteiger partial charge in [0.25, 0.3) is 0 Å². The SMILES string of the molecule is CCCCCOS(=O)(=O)[O-].CCCCCOS(=O)(=O)[O-].[Ca+2]. The van der Waals surface area contributed by atoms with Gasteiger partial charge in [0.2, 0.25) is 20.8 Å². The van der Waals surface area contributed by atoms with E-state index in [4.69, 9.17) is 0 Å². The molecule has 124 valence electrons. The van der Waals surface area contributed by atoms with Gasteiger partial charge in [0.15, 0.2) is 0 Å². The Kier molecular flexibility index (Phi) is 20.3. The summed E-state index contributed by atoms with van der Waals surface area (Å²) in [5.41, 5.74) is 0. The summed E-state index contributed by atoms with van der Waals surface area (Å²) < 4.78 is 66.8. The first-order valence-electron chi connectivity index (χ1n) is 6.32. The van der Waals surface area contributed by atoms with Crippen LogP contribution in [0.5, 0.6) is 0 Å². The molecule has 0 aliphatic rings. The van der Waals surface area contributed by atoms with Crippen molar-refractivity contribution >= 4 is 58.5 Å². The van der Waals surface area contributed by atoms with Crippen LogP contribution in [0, 0.1) is 0 Å². The zero-order valence-corrected chi connectivity index (χ0v) is 16.3. The summed E-state index contributed by atoms with van der Waals surface area (Å²) in [5.74, 6) is 0. The Labute approximate surface area is 157 Å². The second-order valence-electron chi connectivity index (χ2n) is 3.87. The van der Waals surface area contributed by atoms with Gasteiger partial charge < -0.3 is 9.11 Å². The Balaban J connectivity index is -0.000000295. The molecule has 11 heteroatoms. The molecule has 0 amide bonds. The Morgan fingerprint density at radius 2 is 1.00 bits per heavy atom. The third-order valence-corrected chi connectivity index (χ3v) is 2.86. The molecule has 21 heavy (non-hydrogen) atoms. The molecule has 0 aliphatic heterocycles. The minimum Gasteiger partial charge on any atom is -0.726 e.